The van der Waals surface area contributed by atoms with Gasteiger partial charge in [0.1, 0.15) is 17.6 Å². The van der Waals surface area contributed by atoms with Gasteiger partial charge in [-0.1, -0.05) is 12.8 Å². The zero-order chi connectivity index (χ0) is 13.5. The van der Waals surface area contributed by atoms with E-state index in [2.05, 4.69) is 15.9 Å². The average Bonchev–Trinajstić information content (AvgIpc) is 2.92. The van der Waals surface area contributed by atoms with Gasteiger partial charge in [0.05, 0.1) is 11.6 Å². The van der Waals surface area contributed by atoms with Crippen molar-refractivity contribution in [3.8, 4) is 11.5 Å². The molecule has 2 nitrogen and oxygen atoms in total. The van der Waals surface area contributed by atoms with Crippen molar-refractivity contribution in [2.45, 2.75) is 43.6 Å². The predicted octanol–water partition coefficient (Wildman–Crippen LogP) is 4.78. The molecule has 0 bridgehead atoms. The molecule has 0 saturated heterocycles. The van der Waals surface area contributed by atoms with E-state index in [1.54, 1.807) is 7.11 Å². The number of methoxy groups -OCH3 is 1. The van der Waals surface area contributed by atoms with Gasteiger partial charge in [0.15, 0.2) is 0 Å². The smallest absolute Gasteiger partial charge is 0.134 e. The van der Waals surface area contributed by atoms with Crippen LogP contribution in [0.25, 0.3) is 0 Å². The van der Waals surface area contributed by atoms with Crippen molar-refractivity contribution in [2.24, 2.45) is 5.41 Å². The minimum atomic E-state index is 0.223. The molecule has 1 spiro atoms. The van der Waals surface area contributed by atoms with Crippen LogP contribution in [0, 0.1) is 5.41 Å². The molecule has 2 saturated carbocycles. The van der Waals surface area contributed by atoms with Crippen LogP contribution >= 0.6 is 27.5 Å². The number of hydrogen-bond acceptors (Lipinski definition) is 2. The highest BCUT2D eigenvalue weighted by Gasteiger charge is 2.57. The highest BCUT2D eigenvalue weighted by molar-refractivity contribution is 9.10. The number of alkyl halides is 1. The zero-order valence-corrected chi connectivity index (χ0v) is 13.3. The van der Waals surface area contributed by atoms with E-state index in [0.717, 1.165) is 22.4 Å². The molecule has 0 aromatic heterocycles. The van der Waals surface area contributed by atoms with Crippen molar-refractivity contribution in [3.05, 3.63) is 22.7 Å². The quantitative estimate of drug-likeness (QED) is 0.734. The molecule has 2 fully saturated rings. The van der Waals surface area contributed by atoms with Gasteiger partial charge in [-0.25, -0.2) is 0 Å². The molecule has 1 aromatic rings. The van der Waals surface area contributed by atoms with Gasteiger partial charge in [-0.05, 0) is 47.0 Å². The minimum Gasteiger partial charge on any atom is -0.497 e. The Morgan fingerprint density at radius 3 is 2.63 bits per heavy atom. The van der Waals surface area contributed by atoms with E-state index < -0.39 is 0 Å². The van der Waals surface area contributed by atoms with Gasteiger partial charge in [0, 0.05) is 17.2 Å². The van der Waals surface area contributed by atoms with Gasteiger partial charge >= 0.3 is 0 Å². The molecule has 0 radical (unpaired) electrons. The van der Waals surface area contributed by atoms with Gasteiger partial charge in [-0.15, -0.1) is 11.6 Å². The SMILES string of the molecule is COc1ccc(OC2CC(Cl)C23CCCC3)c(Br)c1. The van der Waals surface area contributed by atoms with Crippen molar-refractivity contribution in [3.63, 3.8) is 0 Å². The van der Waals surface area contributed by atoms with Crippen molar-refractivity contribution in [2.75, 3.05) is 7.11 Å². The third-order valence-electron chi connectivity index (χ3n) is 4.63. The number of ether oxygens (including phenoxy) is 2. The molecular weight excluding hydrogens is 328 g/mol. The summed E-state index contributed by atoms with van der Waals surface area (Å²) in [6.07, 6.45) is 6.21. The second-order valence-electron chi connectivity index (χ2n) is 5.55. The van der Waals surface area contributed by atoms with Gasteiger partial charge in [-0.3, -0.25) is 0 Å². The first-order valence-electron chi connectivity index (χ1n) is 6.80. The maximum Gasteiger partial charge on any atom is 0.134 e. The number of halogens is 2. The Morgan fingerprint density at radius 2 is 2.05 bits per heavy atom. The number of benzene rings is 1. The number of rotatable bonds is 3. The third-order valence-corrected chi connectivity index (χ3v) is 5.86. The lowest BCUT2D eigenvalue weighted by Crippen LogP contribution is -2.55. The lowest BCUT2D eigenvalue weighted by molar-refractivity contribution is -0.0359. The molecule has 2 unspecified atom stereocenters. The second-order valence-corrected chi connectivity index (χ2v) is 6.93. The molecular formula is C15H18BrClO2. The largest absolute Gasteiger partial charge is 0.497 e. The predicted molar refractivity (Wildman–Crippen MR) is 80.3 cm³/mol. The van der Waals surface area contributed by atoms with E-state index in [9.17, 15) is 0 Å². The maximum absolute atomic E-state index is 6.45. The molecule has 1 aromatic carbocycles. The van der Waals surface area contributed by atoms with Crippen molar-refractivity contribution in [1.82, 2.24) is 0 Å². The first-order chi connectivity index (χ1) is 9.15. The summed E-state index contributed by atoms with van der Waals surface area (Å²) in [7, 11) is 1.67. The standard InChI is InChI=1S/C15H18BrClO2/c1-18-10-4-5-12(11(16)8-10)19-14-9-13(17)15(14)6-2-3-7-15/h4-5,8,13-14H,2-3,6-7,9H2,1H3. The topological polar surface area (TPSA) is 18.5 Å². The van der Waals surface area contributed by atoms with E-state index in [4.69, 9.17) is 21.1 Å². The Labute approximate surface area is 127 Å². The first-order valence-corrected chi connectivity index (χ1v) is 8.03. The molecule has 104 valence electrons. The van der Waals surface area contributed by atoms with Crippen LogP contribution in [0.2, 0.25) is 0 Å². The Hall–Kier alpha value is -0.410. The van der Waals surface area contributed by atoms with Crippen LogP contribution < -0.4 is 9.47 Å². The molecule has 3 rings (SSSR count). The molecule has 0 aliphatic heterocycles. The summed E-state index contributed by atoms with van der Waals surface area (Å²) >= 11 is 9.99. The summed E-state index contributed by atoms with van der Waals surface area (Å²) in [6, 6.07) is 5.83. The van der Waals surface area contributed by atoms with Crippen LogP contribution in [0.15, 0.2) is 22.7 Å². The van der Waals surface area contributed by atoms with Crippen LogP contribution in [0.4, 0.5) is 0 Å². The summed E-state index contributed by atoms with van der Waals surface area (Å²) < 4.78 is 12.3. The lowest BCUT2D eigenvalue weighted by atomic mass is 9.64. The second kappa shape index (κ2) is 5.17. The normalized spacial score (nSPS) is 28.2. The summed E-state index contributed by atoms with van der Waals surface area (Å²) in [5, 5.41) is 0.289. The average molecular weight is 346 g/mol. The van der Waals surface area contributed by atoms with Crippen LogP contribution in [0.3, 0.4) is 0 Å². The fraction of sp³-hybridized carbons (Fsp3) is 0.600. The highest BCUT2D eigenvalue weighted by atomic mass is 79.9. The fourth-order valence-corrected chi connectivity index (χ4v) is 4.36. The minimum absolute atomic E-state index is 0.223. The molecule has 2 aliphatic rings. The molecule has 0 N–H and O–H groups in total. The summed E-state index contributed by atoms with van der Waals surface area (Å²) in [5.41, 5.74) is 0.223. The van der Waals surface area contributed by atoms with E-state index in [1.807, 2.05) is 18.2 Å². The molecule has 4 heteroatoms. The van der Waals surface area contributed by atoms with Gasteiger partial charge in [0.25, 0.3) is 0 Å². The first kappa shape index (κ1) is 13.6. The summed E-state index contributed by atoms with van der Waals surface area (Å²) in [5.74, 6) is 1.72. The monoisotopic (exact) mass is 344 g/mol. The molecule has 19 heavy (non-hydrogen) atoms. The Kier molecular flexibility index (Phi) is 3.69. The summed E-state index contributed by atoms with van der Waals surface area (Å²) in [4.78, 5) is 0. The fourth-order valence-electron chi connectivity index (χ4n) is 3.39. The Balaban J connectivity index is 1.75. The van der Waals surface area contributed by atoms with Gasteiger partial charge < -0.3 is 9.47 Å². The molecule has 0 heterocycles. The van der Waals surface area contributed by atoms with Crippen LogP contribution in [-0.4, -0.2) is 18.6 Å². The van der Waals surface area contributed by atoms with Crippen molar-refractivity contribution < 1.29 is 9.47 Å². The van der Waals surface area contributed by atoms with E-state index in [-0.39, 0.29) is 16.9 Å². The molecule has 2 atom stereocenters. The lowest BCUT2D eigenvalue weighted by Gasteiger charge is -2.51. The Morgan fingerprint density at radius 1 is 1.32 bits per heavy atom. The van der Waals surface area contributed by atoms with Gasteiger partial charge in [-0.2, -0.15) is 0 Å². The van der Waals surface area contributed by atoms with E-state index >= 15 is 0 Å². The maximum atomic E-state index is 6.45. The van der Waals surface area contributed by atoms with Crippen LogP contribution in [0.5, 0.6) is 11.5 Å². The van der Waals surface area contributed by atoms with E-state index in [0.29, 0.717) is 0 Å². The molecule has 2 aliphatic carbocycles. The van der Waals surface area contributed by atoms with E-state index in [1.165, 1.54) is 25.7 Å². The van der Waals surface area contributed by atoms with Crippen LogP contribution in [0.1, 0.15) is 32.1 Å². The van der Waals surface area contributed by atoms with Crippen molar-refractivity contribution in [1.29, 1.82) is 0 Å². The Bertz CT molecular complexity index is 471. The highest BCUT2D eigenvalue weighted by Crippen LogP contribution is 2.57. The van der Waals surface area contributed by atoms with Crippen LogP contribution in [-0.2, 0) is 0 Å². The zero-order valence-electron chi connectivity index (χ0n) is 11.0. The van der Waals surface area contributed by atoms with Gasteiger partial charge in [0.2, 0.25) is 0 Å². The third kappa shape index (κ3) is 2.25. The number of hydrogen-bond donors (Lipinski definition) is 0. The molecule has 0 amide bonds. The summed E-state index contributed by atoms with van der Waals surface area (Å²) in [6.45, 7) is 0. The van der Waals surface area contributed by atoms with Crippen molar-refractivity contribution >= 4 is 27.5 Å².